The number of nitrogens with zero attached hydrogens (tertiary/aromatic N) is 3. The fourth-order valence-corrected chi connectivity index (χ4v) is 5.75. The van der Waals surface area contributed by atoms with E-state index in [2.05, 4.69) is 0 Å². The summed E-state index contributed by atoms with van der Waals surface area (Å²) in [5.74, 6) is -0.825. The second-order valence-electron chi connectivity index (χ2n) is 7.54. The lowest BCUT2D eigenvalue weighted by Gasteiger charge is -2.08. The van der Waals surface area contributed by atoms with E-state index in [-0.39, 0.29) is 15.8 Å². The lowest BCUT2D eigenvalue weighted by atomic mass is 10.1. The number of rotatable bonds is 5. The first kappa shape index (κ1) is 23.9. The summed E-state index contributed by atoms with van der Waals surface area (Å²) in [7, 11) is 1.89. The molecule has 0 amide bonds. The fraction of sp³-hybridized carbons (Fsp3) is 0.0400. The minimum atomic E-state index is -0.502. The number of fused-ring (bicyclic) bond motifs is 1. The Morgan fingerprint density at radius 1 is 0.800 bits per heavy atom. The van der Waals surface area contributed by atoms with Crippen LogP contribution in [-0.4, -0.2) is 19.6 Å². The van der Waals surface area contributed by atoms with Crippen molar-refractivity contribution < 1.29 is 13.9 Å². The van der Waals surface area contributed by atoms with Crippen molar-refractivity contribution in [2.24, 2.45) is 7.05 Å². The normalized spacial score (nSPS) is 11.3. The standard InChI is InChI=1S/C25H15Cl2F2N3OS2/c1-32-22(13-2-4-14(33)5-3-13)12-17-23(32)30-25(35-16-7-9-21(29)19(27)11-16)31-24(17)34-15-6-8-20(28)18(26)10-15/h2-12,33H,1H3. The first-order chi connectivity index (χ1) is 16.8. The van der Waals surface area contributed by atoms with Crippen LogP contribution in [0, 0.1) is 11.6 Å². The zero-order valence-electron chi connectivity index (χ0n) is 18.0. The van der Waals surface area contributed by atoms with Crippen molar-refractivity contribution in [3.8, 4) is 17.0 Å². The summed E-state index contributed by atoms with van der Waals surface area (Å²) in [6, 6.07) is 17.8. The molecule has 0 aliphatic heterocycles. The summed E-state index contributed by atoms with van der Waals surface area (Å²) in [4.78, 5) is 10.9. The van der Waals surface area contributed by atoms with Crippen LogP contribution in [0.3, 0.4) is 0 Å². The highest BCUT2D eigenvalue weighted by atomic mass is 35.5. The van der Waals surface area contributed by atoms with Gasteiger partial charge in [0.2, 0.25) is 0 Å². The molecule has 0 saturated heterocycles. The van der Waals surface area contributed by atoms with Gasteiger partial charge >= 0.3 is 0 Å². The summed E-state index contributed by atoms with van der Waals surface area (Å²) >= 11 is 14.5. The molecule has 0 fully saturated rings. The molecule has 4 nitrogen and oxygen atoms in total. The molecule has 3 aromatic carbocycles. The van der Waals surface area contributed by atoms with Crippen LogP contribution in [0.1, 0.15) is 0 Å². The molecule has 1 N–H and O–H groups in total. The number of phenols is 1. The molecule has 2 heterocycles. The number of benzene rings is 3. The van der Waals surface area contributed by atoms with Gasteiger partial charge in [-0.05, 0) is 84.1 Å². The average molecular weight is 546 g/mol. The first-order valence-corrected chi connectivity index (χ1v) is 12.6. The van der Waals surface area contributed by atoms with E-state index < -0.39 is 11.6 Å². The number of halogens is 4. The Hall–Kier alpha value is -2.78. The van der Waals surface area contributed by atoms with Gasteiger partial charge in [0.05, 0.1) is 21.1 Å². The van der Waals surface area contributed by atoms with Gasteiger partial charge in [0.25, 0.3) is 0 Å². The molecular formula is C25H15Cl2F2N3OS2. The Morgan fingerprint density at radius 3 is 2.00 bits per heavy atom. The number of aromatic hydroxyl groups is 1. The Kier molecular flexibility index (Phi) is 6.63. The zero-order valence-corrected chi connectivity index (χ0v) is 21.1. The van der Waals surface area contributed by atoms with Crippen LogP contribution in [-0.2, 0) is 7.05 Å². The first-order valence-electron chi connectivity index (χ1n) is 10.2. The van der Waals surface area contributed by atoms with Gasteiger partial charge in [0.15, 0.2) is 5.16 Å². The molecule has 0 radical (unpaired) electrons. The van der Waals surface area contributed by atoms with Crippen LogP contribution in [0.2, 0.25) is 10.0 Å². The van der Waals surface area contributed by atoms with Crippen LogP contribution < -0.4 is 0 Å². The number of aryl methyl sites for hydroxylation is 1. The van der Waals surface area contributed by atoms with Gasteiger partial charge < -0.3 is 9.67 Å². The smallest absolute Gasteiger partial charge is 0.195 e. The molecule has 0 unspecified atom stereocenters. The molecular weight excluding hydrogens is 531 g/mol. The van der Waals surface area contributed by atoms with Crippen molar-refractivity contribution in [3.05, 3.63) is 88.4 Å². The van der Waals surface area contributed by atoms with Crippen LogP contribution in [0.4, 0.5) is 8.78 Å². The van der Waals surface area contributed by atoms with Gasteiger partial charge in [0.1, 0.15) is 28.1 Å². The maximum absolute atomic E-state index is 13.7. The summed E-state index contributed by atoms with van der Waals surface area (Å²) in [5.41, 5.74) is 2.44. The highest BCUT2D eigenvalue weighted by molar-refractivity contribution is 8.00. The molecule has 0 spiro atoms. The fourth-order valence-electron chi connectivity index (χ4n) is 3.48. The molecule has 0 bridgehead atoms. The van der Waals surface area contributed by atoms with E-state index in [1.165, 1.54) is 41.7 Å². The summed E-state index contributed by atoms with van der Waals surface area (Å²) in [6.45, 7) is 0. The summed E-state index contributed by atoms with van der Waals surface area (Å²) in [5, 5.41) is 11.6. The lowest BCUT2D eigenvalue weighted by Crippen LogP contribution is -1.97. The maximum Gasteiger partial charge on any atom is 0.195 e. The second kappa shape index (κ2) is 9.70. The van der Waals surface area contributed by atoms with Crippen molar-refractivity contribution in [1.82, 2.24) is 14.5 Å². The predicted molar refractivity (Wildman–Crippen MR) is 137 cm³/mol. The van der Waals surface area contributed by atoms with Gasteiger partial charge in [-0.1, -0.05) is 35.0 Å². The number of phenolic OH excluding ortho intramolecular Hbond substituents is 1. The highest BCUT2D eigenvalue weighted by Crippen LogP contribution is 2.39. The van der Waals surface area contributed by atoms with Crippen LogP contribution in [0.5, 0.6) is 5.75 Å². The van der Waals surface area contributed by atoms with E-state index in [1.54, 1.807) is 30.3 Å². The Labute approximate surface area is 217 Å². The third-order valence-corrected chi connectivity index (χ3v) is 7.63. The zero-order chi connectivity index (χ0) is 24.7. The summed E-state index contributed by atoms with van der Waals surface area (Å²) in [6.07, 6.45) is 0. The molecule has 176 valence electrons. The molecule has 0 saturated carbocycles. The molecule has 5 aromatic rings. The molecule has 35 heavy (non-hydrogen) atoms. The highest BCUT2D eigenvalue weighted by Gasteiger charge is 2.18. The third kappa shape index (κ3) is 4.97. The van der Waals surface area contributed by atoms with Gasteiger partial charge in [-0.2, -0.15) is 0 Å². The topological polar surface area (TPSA) is 50.9 Å². The third-order valence-electron chi connectivity index (χ3n) is 5.20. The second-order valence-corrected chi connectivity index (χ2v) is 10.5. The van der Waals surface area contributed by atoms with Crippen LogP contribution in [0.15, 0.2) is 86.7 Å². The van der Waals surface area contributed by atoms with Gasteiger partial charge in [0, 0.05) is 16.8 Å². The SMILES string of the molecule is Cn1c(-c2ccc(O)cc2)cc2c(Sc3ccc(F)c(Cl)c3)nc(Sc3ccc(F)c(Cl)c3)nc21. The van der Waals surface area contributed by atoms with E-state index in [4.69, 9.17) is 33.2 Å². The molecule has 5 rings (SSSR count). The van der Waals surface area contributed by atoms with Crippen molar-refractivity contribution in [1.29, 1.82) is 0 Å². The van der Waals surface area contributed by atoms with E-state index in [0.717, 1.165) is 16.6 Å². The molecule has 0 aliphatic rings. The predicted octanol–water partition coefficient (Wildman–Crippen LogP) is 8.23. The molecule has 0 atom stereocenters. The van der Waals surface area contributed by atoms with Gasteiger partial charge in [-0.3, -0.25) is 0 Å². The Bertz CT molecular complexity index is 1580. The molecule has 2 aromatic heterocycles. The van der Waals surface area contributed by atoms with Crippen LogP contribution >= 0.6 is 46.7 Å². The minimum Gasteiger partial charge on any atom is -0.508 e. The van der Waals surface area contributed by atoms with E-state index >= 15 is 0 Å². The quantitative estimate of drug-likeness (QED) is 0.178. The minimum absolute atomic E-state index is 0.0140. The van der Waals surface area contributed by atoms with E-state index in [9.17, 15) is 13.9 Å². The van der Waals surface area contributed by atoms with Gasteiger partial charge in [-0.15, -0.1) is 0 Å². The Balaban J connectivity index is 1.64. The molecule has 0 aliphatic carbocycles. The Morgan fingerprint density at radius 2 is 1.40 bits per heavy atom. The number of aromatic nitrogens is 3. The van der Waals surface area contributed by atoms with E-state index in [1.807, 2.05) is 29.8 Å². The van der Waals surface area contributed by atoms with E-state index in [0.29, 0.717) is 25.6 Å². The van der Waals surface area contributed by atoms with Gasteiger partial charge in [-0.25, -0.2) is 18.7 Å². The average Bonchev–Trinajstić information content (AvgIpc) is 3.16. The number of hydrogen-bond acceptors (Lipinski definition) is 5. The van der Waals surface area contributed by atoms with Crippen molar-refractivity contribution >= 4 is 57.8 Å². The van der Waals surface area contributed by atoms with Crippen molar-refractivity contribution in [2.75, 3.05) is 0 Å². The lowest BCUT2D eigenvalue weighted by molar-refractivity contribution is 0.475. The van der Waals surface area contributed by atoms with Crippen molar-refractivity contribution in [3.63, 3.8) is 0 Å². The maximum atomic E-state index is 13.7. The van der Waals surface area contributed by atoms with Crippen molar-refractivity contribution in [2.45, 2.75) is 20.0 Å². The number of hydrogen-bond donors (Lipinski definition) is 1. The molecule has 10 heteroatoms. The van der Waals surface area contributed by atoms with Crippen LogP contribution in [0.25, 0.3) is 22.3 Å². The largest absolute Gasteiger partial charge is 0.508 e. The monoisotopic (exact) mass is 545 g/mol. The summed E-state index contributed by atoms with van der Waals surface area (Å²) < 4.78 is 29.3.